The van der Waals surface area contributed by atoms with Gasteiger partial charge in [0.1, 0.15) is 0 Å². The van der Waals surface area contributed by atoms with Crippen molar-refractivity contribution in [1.82, 2.24) is 9.80 Å². The molecule has 0 spiro atoms. The Balaban J connectivity index is 1.64. The molecule has 110 valence electrons. The normalized spacial score (nSPS) is 28.9. The lowest BCUT2D eigenvalue weighted by atomic mass is 9.93. The molecule has 2 heterocycles. The number of benzene rings is 1. The molecule has 0 amide bonds. The summed E-state index contributed by atoms with van der Waals surface area (Å²) < 4.78 is 0. The Kier molecular flexibility index (Phi) is 4.39. The van der Waals surface area contributed by atoms with Crippen LogP contribution in [0.4, 0.5) is 0 Å². The van der Waals surface area contributed by atoms with E-state index in [1.54, 1.807) is 0 Å². The minimum absolute atomic E-state index is 0.245. The van der Waals surface area contributed by atoms with Gasteiger partial charge in [0.2, 0.25) is 0 Å². The number of piperidine rings is 1. The van der Waals surface area contributed by atoms with Crippen molar-refractivity contribution in [3.63, 3.8) is 0 Å². The topological polar surface area (TPSA) is 32.5 Å². The fourth-order valence-electron chi connectivity index (χ4n) is 3.84. The van der Waals surface area contributed by atoms with Gasteiger partial charge in [-0.05, 0) is 37.9 Å². The summed E-state index contributed by atoms with van der Waals surface area (Å²) in [6.07, 6.45) is 5.32. The van der Waals surface area contributed by atoms with Gasteiger partial charge in [0.15, 0.2) is 0 Å². The maximum absolute atomic E-state index is 6.19. The van der Waals surface area contributed by atoms with Crippen LogP contribution in [-0.4, -0.2) is 48.1 Å². The molecule has 0 radical (unpaired) electrons. The monoisotopic (exact) mass is 273 g/mol. The van der Waals surface area contributed by atoms with Crippen molar-refractivity contribution in [2.75, 3.05) is 32.7 Å². The second kappa shape index (κ2) is 6.25. The largest absolute Gasteiger partial charge is 0.329 e. The first-order valence-electron chi connectivity index (χ1n) is 8.04. The minimum Gasteiger partial charge on any atom is -0.329 e. The summed E-state index contributed by atoms with van der Waals surface area (Å²) in [7, 11) is 0. The highest BCUT2D eigenvalue weighted by atomic mass is 15.3. The average Bonchev–Trinajstić information content (AvgIpc) is 2.94. The molecule has 1 aromatic rings. The van der Waals surface area contributed by atoms with Crippen LogP contribution < -0.4 is 5.73 Å². The Morgan fingerprint density at radius 3 is 2.45 bits per heavy atom. The van der Waals surface area contributed by atoms with E-state index < -0.39 is 0 Å². The third-order valence-electron chi connectivity index (χ3n) is 5.07. The van der Waals surface area contributed by atoms with Crippen LogP contribution in [0.1, 0.15) is 31.2 Å². The predicted molar refractivity (Wildman–Crippen MR) is 83.5 cm³/mol. The Morgan fingerprint density at radius 2 is 1.75 bits per heavy atom. The van der Waals surface area contributed by atoms with Gasteiger partial charge in [-0.25, -0.2) is 0 Å². The summed E-state index contributed by atoms with van der Waals surface area (Å²) in [5.41, 5.74) is 7.85. The molecule has 2 aliphatic rings. The Morgan fingerprint density at radius 1 is 1.00 bits per heavy atom. The molecule has 0 aliphatic carbocycles. The maximum Gasteiger partial charge on any atom is 0.0470 e. The van der Waals surface area contributed by atoms with Gasteiger partial charge in [-0.2, -0.15) is 0 Å². The number of nitrogens with two attached hydrogens (primary N) is 1. The van der Waals surface area contributed by atoms with E-state index in [4.69, 9.17) is 5.73 Å². The summed E-state index contributed by atoms with van der Waals surface area (Å²) in [5, 5.41) is 0. The van der Waals surface area contributed by atoms with Crippen molar-refractivity contribution in [1.29, 1.82) is 0 Å². The van der Waals surface area contributed by atoms with Gasteiger partial charge in [0, 0.05) is 31.7 Å². The molecule has 2 N–H and O–H groups in total. The highest BCUT2D eigenvalue weighted by Gasteiger charge is 2.41. The van der Waals surface area contributed by atoms with Crippen LogP contribution in [0, 0.1) is 0 Å². The summed E-state index contributed by atoms with van der Waals surface area (Å²) >= 11 is 0. The Bertz CT molecular complexity index is 414. The molecule has 3 nitrogen and oxygen atoms in total. The van der Waals surface area contributed by atoms with Crippen LogP contribution in [0.2, 0.25) is 0 Å². The van der Waals surface area contributed by atoms with Crippen molar-refractivity contribution in [2.24, 2.45) is 5.73 Å². The van der Waals surface area contributed by atoms with Gasteiger partial charge in [-0.15, -0.1) is 0 Å². The lowest BCUT2D eigenvalue weighted by molar-refractivity contribution is 0.0768. The first-order chi connectivity index (χ1) is 9.82. The summed E-state index contributed by atoms with van der Waals surface area (Å²) in [6.45, 7) is 6.68. The molecule has 2 saturated heterocycles. The molecule has 3 heteroatoms. The highest BCUT2D eigenvalue weighted by Crippen LogP contribution is 2.30. The summed E-state index contributed by atoms with van der Waals surface area (Å²) in [5.74, 6) is 0. The zero-order valence-electron chi connectivity index (χ0n) is 12.4. The van der Waals surface area contributed by atoms with E-state index in [2.05, 4.69) is 40.1 Å². The van der Waals surface area contributed by atoms with Gasteiger partial charge < -0.3 is 5.73 Å². The number of rotatable bonds is 4. The quantitative estimate of drug-likeness (QED) is 0.911. The predicted octanol–water partition coefficient (Wildman–Crippen LogP) is 2.08. The number of nitrogens with zero attached hydrogens (tertiary/aromatic N) is 2. The standard InChI is InChI=1S/C17H27N3/c18-14-17(20-10-5-2-6-11-20)9-12-19(15-17)13-16-7-3-1-4-8-16/h1,3-4,7-8H,2,5-6,9-15,18H2. The molecule has 1 unspecified atom stereocenters. The van der Waals surface area contributed by atoms with Crippen molar-refractivity contribution in [3.05, 3.63) is 35.9 Å². The first kappa shape index (κ1) is 14.1. The van der Waals surface area contributed by atoms with E-state index in [0.29, 0.717) is 0 Å². The van der Waals surface area contributed by atoms with Gasteiger partial charge in [0.25, 0.3) is 0 Å². The van der Waals surface area contributed by atoms with Crippen molar-refractivity contribution in [2.45, 2.75) is 37.8 Å². The molecule has 0 bridgehead atoms. The number of hydrogen-bond donors (Lipinski definition) is 1. The first-order valence-corrected chi connectivity index (χ1v) is 8.04. The van der Waals surface area contributed by atoms with E-state index in [1.165, 1.54) is 50.9 Å². The third kappa shape index (κ3) is 2.90. The second-order valence-corrected chi connectivity index (χ2v) is 6.42. The molecule has 3 rings (SSSR count). The van der Waals surface area contributed by atoms with E-state index in [9.17, 15) is 0 Å². The third-order valence-corrected chi connectivity index (χ3v) is 5.07. The molecule has 1 atom stereocenters. The summed E-state index contributed by atoms with van der Waals surface area (Å²) in [6, 6.07) is 10.8. The molecule has 2 aliphatic heterocycles. The number of hydrogen-bond acceptors (Lipinski definition) is 3. The second-order valence-electron chi connectivity index (χ2n) is 6.42. The van der Waals surface area contributed by atoms with Gasteiger partial charge in [-0.3, -0.25) is 9.80 Å². The molecule has 0 saturated carbocycles. The SMILES string of the molecule is NCC1(N2CCCCC2)CCN(Cc2ccccc2)C1. The lowest BCUT2D eigenvalue weighted by Crippen LogP contribution is -2.57. The number of likely N-dealkylation sites (tertiary alicyclic amines) is 2. The fraction of sp³-hybridized carbons (Fsp3) is 0.647. The van der Waals surface area contributed by atoms with E-state index in [0.717, 1.165) is 19.6 Å². The average molecular weight is 273 g/mol. The van der Waals surface area contributed by atoms with Crippen LogP contribution in [-0.2, 0) is 6.54 Å². The highest BCUT2D eigenvalue weighted by molar-refractivity contribution is 5.15. The maximum atomic E-state index is 6.19. The smallest absolute Gasteiger partial charge is 0.0470 e. The lowest BCUT2D eigenvalue weighted by Gasteiger charge is -2.43. The van der Waals surface area contributed by atoms with Crippen molar-refractivity contribution in [3.8, 4) is 0 Å². The fourth-order valence-corrected chi connectivity index (χ4v) is 3.84. The molecule has 0 aromatic heterocycles. The minimum atomic E-state index is 0.245. The molecule has 20 heavy (non-hydrogen) atoms. The van der Waals surface area contributed by atoms with Gasteiger partial charge in [-0.1, -0.05) is 36.8 Å². The van der Waals surface area contributed by atoms with E-state index in [-0.39, 0.29) is 5.54 Å². The zero-order chi connectivity index (χ0) is 13.8. The molecule has 1 aromatic carbocycles. The molecular formula is C17H27N3. The molecule has 2 fully saturated rings. The van der Waals surface area contributed by atoms with Crippen molar-refractivity contribution >= 4 is 0 Å². The Labute approximate surface area is 122 Å². The zero-order valence-corrected chi connectivity index (χ0v) is 12.4. The van der Waals surface area contributed by atoms with Gasteiger partial charge in [0.05, 0.1) is 0 Å². The van der Waals surface area contributed by atoms with Crippen LogP contribution in [0.15, 0.2) is 30.3 Å². The summed E-state index contributed by atoms with van der Waals surface area (Å²) in [4.78, 5) is 5.26. The van der Waals surface area contributed by atoms with E-state index in [1.807, 2.05) is 0 Å². The van der Waals surface area contributed by atoms with Crippen LogP contribution in [0.5, 0.6) is 0 Å². The van der Waals surface area contributed by atoms with E-state index >= 15 is 0 Å². The molecular weight excluding hydrogens is 246 g/mol. The van der Waals surface area contributed by atoms with Crippen molar-refractivity contribution < 1.29 is 0 Å². The Hall–Kier alpha value is -0.900. The van der Waals surface area contributed by atoms with Gasteiger partial charge >= 0.3 is 0 Å². The van der Waals surface area contributed by atoms with Crippen LogP contribution >= 0.6 is 0 Å². The van der Waals surface area contributed by atoms with Crippen LogP contribution in [0.25, 0.3) is 0 Å². The van der Waals surface area contributed by atoms with Crippen LogP contribution in [0.3, 0.4) is 0 Å².